The lowest BCUT2D eigenvalue weighted by Crippen LogP contribution is -2.14. The molecule has 2 atom stereocenters. The largest absolute Gasteiger partial charge is 0.325 e. The van der Waals surface area contributed by atoms with Crippen LogP contribution in [-0.2, 0) is 0 Å². The number of fused-ring (bicyclic) bond motifs is 1. The molecule has 0 saturated carbocycles. The summed E-state index contributed by atoms with van der Waals surface area (Å²) in [5.41, 5.74) is 1.78. The fraction of sp³-hybridized carbons (Fsp3) is 0.455. The molecule has 1 fully saturated rings. The highest BCUT2D eigenvalue weighted by Crippen LogP contribution is 2.26. The van der Waals surface area contributed by atoms with E-state index in [0.29, 0.717) is 6.04 Å². The topological polar surface area (TPSA) is 53.6 Å². The summed E-state index contributed by atoms with van der Waals surface area (Å²) in [6.07, 6.45) is 2.93. The van der Waals surface area contributed by atoms with Crippen molar-refractivity contribution in [2.24, 2.45) is 5.92 Å². The Morgan fingerprint density at radius 1 is 1.47 bits per heavy atom. The van der Waals surface area contributed by atoms with Crippen molar-refractivity contribution in [1.82, 2.24) is 20.3 Å². The zero-order valence-corrected chi connectivity index (χ0v) is 11.8. The molecule has 4 nitrogen and oxygen atoms in total. The van der Waals surface area contributed by atoms with E-state index in [4.69, 9.17) is 0 Å². The molecule has 1 saturated heterocycles. The third-order valence-corrected chi connectivity index (χ3v) is 3.44. The van der Waals surface area contributed by atoms with Gasteiger partial charge in [-0.15, -0.1) is 12.4 Å². The van der Waals surface area contributed by atoms with Gasteiger partial charge in [-0.05, 0) is 40.9 Å². The molecule has 2 aromatic rings. The third-order valence-electron chi connectivity index (χ3n) is 3.00. The first kappa shape index (κ1) is 12.8. The van der Waals surface area contributed by atoms with Crippen molar-refractivity contribution in [3.05, 3.63) is 22.6 Å². The zero-order valence-electron chi connectivity index (χ0n) is 9.40. The Balaban J connectivity index is 0.00000108. The first-order chi connectivity index (χ1) is 7.72. The number of pyridine rings is 1. The van der Waals surface area contributed by atoms with Crippen LogP contribution in [0.4, 0.5) is 0 Å². The van der Waals surface area contributed by atoms with Crippen molar-refractivity contribution in [3.8, 4) is 0 Å². The van der Waals surface area contributed by atoms with Gasteiger partial charge in [0, 0.05) is 10.7 Å². The van der Waals surface area contributed by atoms with Gasteiger partial charge in [-0.1, -0.05) is 6.92 Å². The van der Waals surface area contributed by atoms with Crippen LogP contribution in [0.5, 0.6) is 0 Å². The smallest absolute Gasteiger partial charge is 0.157 e. The van der Waals surface area contributed by atoms with Crippen LogP contribution in [0, 0.1) is 5.92 Å². The summed E-state index contributed by atoms with van der Waals surface area (Å²) in [7, 11) is 0. The van der Waals surface area contributed by atoms with Gasteiger partial charge in [0.05, 0.1) is 6.04 Å². The van der Waals surface area contributed by atoms with Crippen LogP contribution < -0.4 is 5.32 Å². The van der Waals surface area contributed by atoms with Gasteiger partial charge in [0.25, 0.3) is 0 Å². The first-order valence-electron chi connectivity index (χ1n) is 5.47. The summed E-state index contributed by atoms with van der Waals surface area (Å²) in [6, 6.07) is 2.34. The molecule has 1 unspecified atom stereocenters. The van der Waals surface area contributed by atoms with Gasteiger partial charge in [-0.2, -0.15) is 0 Å². The fourth-order valence-corrected chi connectivity index (χ4v) is 2.49. The van der Waals surface area contributed by atoms with Crippen molar-refractivity contribution < 1.29 is 0 Å². The van der Waals surface area contributed by atoms with Crippen LogP contribution in [0.25, 0.3) is 11.2 Å². The number of nitrogens with one attached hydrogen (secondary N) is 2. The molecule has 17 heavy (non-hydrogen) atoms. The minimum atomic E-state index is 0. The molecule has 0 amide bonds. The van der Waals surface area contributed by atoms with E-state index in [2.05, 4.69) is 43.1 Å². The van der Waals surface area contributed by atoms with Crippen LogP contribution in [-0.4, -0.2) is 21.5 Å². The van der Waals surface area contributed by atoms with Gasteiger partial charge in [-0.3, -0.25) is 0 Å². The van der Waals surface area contributed by atoms with E-state index >= 15 is 0 Å². The predicted octanol–water partition coefficient (Wildman–Crippen LogP) is 2.81. The Hall–Kier alpha value is -0.650. The standard InChI is InChI=1S/C11H13BrN4.ClH/c1-6-2-8(13-4-6)11-15-9-3-7(12)5-14-10(9)16-11;/h3,5-6,8,13H,2,4H2,1H3,(H,14,15,16);1H/t6-,8?;/m0./s1. The average molecular weight is 318 g/mol. The summed E-state index contributed by atoms with van der Waals surface area (Å²) in [5.74, 6) is 1.72. The molecule has 2 N–H and O–H groups in total. The number of nitrogens with zero attached hydrogens (tertiary/aromatic N) is 2. The van der Waals surface area contributed by atoms with E-state index in [1.165, 1.54) is 0 Å². The monoisotopic (exact) mass is 316 g/mol. The van der Waals surface area contributed by atoms with Crippen LogP contribution in [0.2, 0.25) is 0 Å². The molecule has 92 valence electrons. The molecule has 1 aliphatic rings. The lowest BCUT2D eigenvalue weighted by molar-refractivity contribution is 0.589. The lowest BCUT2D eigenvalue weighted by atomic mass is 10.1. The molecule has 1 aliphatic heterocycles. The van der Waals surface area contributed by atoms with E-state index in [1.54, 1.807) is 6.20 Å². The van der Waals surface area contributed by atoms with Gasteiger partial charge < -0.3 is 10.3 Å². The number of imidazole rings is 1. The third kappa shape index (κ3) is 2.46. The minimum Gasteiger partial charge on any atom is -0.325 e. The van der Waals surface area contributed by atoms with Crippen LogP contribution >= 0.6 is 28.3 Å². The van der Waals surface area contributed by atoms with Crippen LogP contribution in [0.3, 0.4) is 0 Å². The Labute approximate surface area is 114 Å². The van der Waals surface area contributed by atoms with Gasteiger partial charge in [0.15, 0.2) is 5.65 Å². The molecule has 3 rings (SSSR count). The molecular formula is C11H14BrClN4. The van der Waals surface area contributed by atoms with E-state index < -0.39 is 0 Å². The summed E-state index contributed by atoms with van der Waals surface area (Å²) >= 11 is 3.40. The van der Waals surface area contributed by atoms with Crippen LogP contribution in [0.1, 0.15) is 25.2 Å². The molecular weight excluding hydrogens is 304 g/mol. The Morgan fingerprint density at radius 2 is 2.29 bits per heavy atom. The highest BCUT2D eigenvalue weighted by atomic mass is 79.9. The maximum absolute atomic E-state index is 4.58. The van der Waals surface area contributed by atoms with E-state index in [0.717, 1.165) is 40.3 Å². The van der Waals surface area contributed by atoms with Crippen molar-refractivity contribution in [3.63, 3.8) is 0 Å². The Kier molecular flexibility index (Phi) is 3.70. The molecule has 0 bridgehead atoms. The number of hydrogen-bond acceptors (Lipinski definition) is 3. The highest BCUT2D eigenvalue weighted by molar-refractivity contribution is 9.10. The quantitative estimate of drug-likeness (QED) is 0.850. The first-order valence-corrected chi connectivity index (χ1v) is 6.26. The Morgan fingerprint density at radius 3 is 3.00 bits per heavy atom. The van der Waals surface area contributed by atoms with Crippen molar-refractivity contribution in [1.29, 1.82) is 0 Å². The maximum Gasteiger partial charge on any atom is 0.157 e. The summed E-state index contributed by atoms with van der Waals surface area (Å²) in [6.45, 7) is 3.32. The van der Waals surface area contributed by atoms with Crippen LogP contribution in [0.15, 0.2) is 16.7 Å². The molecule has 2 aromatic heterocycles. The predicted molar refractivity (Wildman–Crippen MR) is 73.4 cm³/mol. The van der Waals surface area contributed by atoms with Gasteiger partial charge in [0.1, 0.15) is 11.3 Å². The Bertz CT molecular complexity index is 527. The molecule has 0 aromatic carbocycles. The summed E-state index contributed by atoms with van der Waals surface area (Å²) in [5, 5.41) is 3.46. The second kappa shape index (κ2) is 4.92. The molecule has 0 aliphatic carbocycles. The minimum absolute atomic E-state index is 0. The lowest BCUT2D eigenvalue weighted by Gasteiger charge is -2.04. The number of aromatic nitrogens is 3. The highest BCUT2D eigenvalue weighted by Gasteiger charge is 2.24. The van der Waals surface area contributed by atoms with E-state index in [9.17, 15) is 0 Å². The molecule has 3 heterocycles. The summed E-state index contributed by atoms with van der Waals surface area (Å²) in [4.78, 5) is 12.2. The maximum atomic E-state index is 4.58. The fourth-order valence-electron chi connectivity index (χ4n) is 2.17. The number of aromatic amines is 1. The molecule has 0 radical (unpaired) electrons. The summed E-state index contributed by atoms with van der Waals surface area (Å²) < 4.78 is 0.964. The molecule has 6 heteroatoms. The van der Waals surface area contributed by atoms with Crippen molar-refractivity contribution in [2.45, 2.75) is 19.4 Å². The average Bonchev–Trinajstić information content (AvgIpc) is 2.83. The van der Waals surface area contributed by atoms with Gasteiger partial charge in [-0.25, -0.2) is 9.97 Å². The van der Waals surface area contributed by atoms with Crippen molar-refractivity contribution >= 4 is 39.5 Å². The van der Waals surface area contributed by atoms with Gasteiger partial charge >= 0.3 is 0 Å². The number of hydrogen-bond donors (Lipinski definition) is 2. The zero-order chi connectivity index (χ0) is 11.1. The van der Waals surface area contributed by atoms with Crippen molar-refractivity contribution in [2.75, 3.05) is 6.54 Å². The van der Waals surface area contributed by atoms with E-state index in [1.807, 2.05) is 6.07 Å². The molecule has 0 spiro atoms. The second-order valence-corrected chi connectivity index (χ2v) is 5.36. The normalized spacial score (nSPS) is 23.9. The number of halogens is 2. The van der Waals surface area contributed by atoms with E-state index in [-0.39, 0.29) is 12.4 Å². The second-order valence-electron chi connectivity index (χ2n) is 4.45. The number of rotatable bonds is 1. The number of H-pyrrole nitrogens is 1. The SMILES string of the molecule is C[C@@H]1CNC(c2nc3cc(Br)cnc3[nH]2)C1.Cl. The van der Waals surface area contributed by atoms with Gasteiger partial charge in [0.2, 0.25) is 0 Å².